The van der Waals surface area contributed by atoms with E-state index in [9.17, 15) is 14.4 Å². The number of rotatable bonds is 46. The van der Waals surface area contributed by atoms with Gasteiger partial charge in [0.15, 0.2) is 6.10 Å². The van der Waals surface area contributed by atoms with E-state index in [-0.39, 0.29) is 31.6 Å². The molecule has 0 bridgehead atoms. The summed E-state index contributed by atoms with van der Waals surface area (Å²) in [6.45, 7) is 6.22. The van der Waals surface area contributed by atoms with Gasteiger partial charge in [-0.2, -0.15) is 0 Å². The van der Waals surface area contributed by atoms with E-state index < -0.39 is 12.1 Å². The van der Waals surface area contributed by atoms with Gasteiger partial charge in [-0.25, -0.2) is 0 Å². The normalized spacial score (nSPS) is 13.3. The third-order valence-electron chi connectivity index (χ3n) is 10.6. The van der Waals surface area contributed by atoms with Gasteiger partial charge in [0.25, 0.3) is 0 Å². The van der Waals surface area contributed by atoms with E-state index in [1.165, 1.54) is 38.5 Å². The largest absolute Gasteiger partial charge is 0.462 e. The van der Waals surface area contributed by atoms with Crippen LogP contribution in [0, 0.1) is 0 Å². The maximum absolute atomic E-state index is 12.7. The Hall–Kier alpha value is -4.71. The van der Waals surface area contributed by atoms with Gasteiger partial charge in [-0.05, 0) is 103 Å². The zero-order valence-corrected chi connectivity index (χ0v) is 43.3. The molecule has 68 heavy (non-hydrogen) atoms. The highest BCUT2D eigenvalue weighted by Gasteiger charge is 2.19. The van der Waals surface area contributed by atoms with Crippen LogP contribution in [0.2, 0.25) is 0 Å². The Bertz CT molecular complexity index is 1540. The van der Waals surface area contributed by atoms with E-state index in [2.05, 4.69) is 154 Å². The fourth-order valence-corrected chi connectivity index (χ4v) is 6.67. The first-order chi connectivity index (χ1) is 33.5. The lowest BCUT2D eigenvalue weighted by atomic mass is 10.1. The van der Waals surface area contributed by atoms with Gasteiger partial charge in [-0.15, -0.1) is 0 Å². The van der Waals surface area contributed by atoms with Crippen LogP contribution in [-0.4, -0.2) is 37.2 Å². The molecule has 0 aromatic heterocycles. The summed E-state index contributed by atoms with van der Waals surface area (Å²) in [4.78, 5) is 37.7. The highest BCUT2D eigenvalue weighted by atomic mass is 16.6. The summed E-state index contributed by atoms with van der Waals surface area (Å²) in [6.07, 6.45) is 78.9. The molecule has 380 valence electrons. The molecule has 0 saturated heterocycles. The van der Waals surface area contributed by atoms with Crippen LogP contribution in [0.15, 0.2) is 146 Å². The first-order valence-corrected chi connectivity index (χ1v) is 26.8. The Morgan fingerprint density at radius 3 is 0.971 bits per heavy atom. The standard InChI is InChI=1S/C62H96O6/c1-4-7-10-13-16-18-20-22-24-25-26-27-28-29-30-31-32-33-34-35-36-37-39-40-42-44-46-49-52-55-61(64)67-58-59(57-66-60(63)54-51-48-15-12-9-6-3)68-62(65)56-53-50-47-45-43-41-38-23-21-19-17-14-11-8-5-2/h7-8,10-11,16-19,22-24,26-27,29-30,32-33,35-36,38,43,45,50,53,59H,4-6,9,12-15,20-21,25,28,31,34,37,39-42,44,46-49,51-52,54-58H2,1-3H3/b10-7-,11-8-,18-16-,19-17-,24-22-,27-26-,30-29-,33-32-,36-35-,38-23-,45-43-,53-50-. The second-order valence-corrected chi connectivity index (χ2v) is 17.0. The molecule has 0 amide bonds. The summed E-state index contributed by atoms with van der Waals surface area (Å²) in [5.74, 6) is -1.09. The van der Waals surface area contributed by atoms with Crippen molar-refractivity contribution in [2.24, 2.45) is 0 Å². The lowest BCUT2D eigenvalue weighted by molar-refractivity contribution is -0.166. The average Bonchev–Trinajstić information content (AvgIpc) is 3.34. The lowest BCUT2D eigenvalue weighted by Crippen LogP contribution is -2.30. The SMILES string of the molecule is CC/C=C\C/C=C\C/C=C\C/C=C\C/C=C\C/C=C\C/C=C\CCCCCCCCCC(=O)OCC(COC(=O)CCCCCCCC)OC(=O)C/C=C\C/C=C\C/C=C\C/C=C\C/C=C\CC. The van der Waals surface area contributed by atoms with Crippen molar-refractivity contribution in [1.29, 1.82) is 0 Å². The molecule has 0 aromatic rings. The number of hydrogen-bond donors (Lipinski definition) is 0. The third kappa shape index (κ3) is 52.3. The molecule has 0 aliphatic carbocycles. The van der Waals surface area contributed by atoms with Crippen molar-refractivity contribution in [2.75, 3.05) is 13.2 Å². The van der Waals surface area contributed by atoms with E-state index in [1.54, 1.807) is 6.08 Å². The molecule has 0 rings (SSSR count). The average molecular weight is 937 g/mol. The van der Waals surface area contributed by atoms with E-state index in [0.29, 0.717) is 19.3 Å². The van der Waals surface area contributed by atoms with Crippen LogP contribution >= 0.6 is 0 Å². The van der Waals surface area contributed by atoms with Crippen LogP contribution in [0.3, 0.4) is 0 Å². The Labute approximate surface area is 417 Å². The molecule has 0 saturated carbocycles. The summed E-state index contributed by atoms with van der Waals surface area (Å²) in [7, 11) is 0. The van der Waals surface area contributed by atoms with Gasteiger partial charge >= 0.3 is 17.9 Å². The van der Waals surface area contributed by atoms with Crippen molar-refractivity contribution < 1.29 is 28.6 Å². The summed E-state index contributed by atoms with van der Waals surface area (Å²) in [6, 6.07) is 0. The van der Waals surface area contributed by atoms with Gasteiger partial charge in [0.1, 0.15) is 13.2 Å². The Morgan fingerprint density at radius 2 is 0.618 bits per heavy atom. The smallest absolute Gasteiger partial charge is 0.310 e. The zero-order valence-electron chi connectivity index (χ0n) is 43.3. The highest BCUT2D eigenvalue weighted by molar-refractivity contribution is 5.72. The summed E-state index contributed by atoms with van der Waals surface area (Å²) in [5, 5.41) is 0. The summed E-state index contributed by atoms with van der Waals surface area (Å²) < 4.78 is 16.6. The molecule has 0 aliphatic heterocycles. The minimum atomic E-state index is -0.839. The van der Waals surface area contributed by atoms with Crippen molar-refractivity contribution in [3.05, 3.63) is 146 Å². The van der Waals surface area contributed by atoms with Crippen molar-refractivity contribution >= 4 is 17.9 Å². The first kappa shape index (κ1) is 63.3. The predicted molar refractivity (Wildman–Crippen MR) is 292 cm³/mol. The summed E-state index contributed by atoms with van der Waals surface area (Å²) >= 11 is 0. The molecule has 0 aliphatic rings. The van der Waals surface area contributed by atoms with Crippen molar-refractivity contribution in [3.63, 3.8) is 0 Å². The van der Waals surface area contributed by atoms with Gasteiger partial charge in [0.2, 0.25) is 0 Å². The molecule has 1 unspecified atom stereocenters. The maximum atomic E-state index is 12.7. The third-order valence-corrected chi connectivity index (χ3v) is 10.6. The lowest BCUT2D eigenvalue weighted by Gasteiger charge is -2.18. The number of unbranched alkanes of at least 4 members (excludes halogenated alkanes) is 12. The number of esters is 3. The van der Waals surface area contributed by atoms with Crippen LogP contribution in [0.1, 0.15) is 207 Å². The number of ether oxygens (including phenoxy) is 3. The molecule has 0 spiro atoms. The van der Waals surface area contributed by atoms with Crippen molar-refractivity contribution in [2.45, 2.75) is 213 Å². The van der Waals surface area contributed by atoms with E-state index in [4.69, 9.17) is 14.2 Å². The number of hydrogen-bond acceptors (Lipinski definition) is 6. The molecule has 0 aromatic carbocycles. The monoisotopic (exact) mass is 937 g/mol. The van der Waals surface area contributed by atoms with Gasteiger partial charge in [-0.1, -0.05) is 231 Å². The fourth-order valence-electron chi connectivity index (χ4n) is 6.67. The van der Waals surface area contributed by atoms with Gasteiger partial charge in [0, 0.05) is 12.8 Å². The Kier molecular flexibility index (Phi) is 51.1. The molecule has 1 atom stereocenters. The van der Waals surface area contributed by atoms with Crippen LogP contribution in [-0.2, 0) is 28.6 Å². The maximum Gasteiger partial charge on any atom is 0.310 e. The number of carbonyl (C=O) groups excluding carboxylic acids is 3. The minimum absolute atomic E-state index is 0.0887. The zero-order chi connectivity index (χ0) is 49.3. The molecule has 6 nitrogen and oxygen atoms in total. The highest BCUT2D eigenvalue weighted by Crippen LogP contribution is 2.12. The van der Waals surface area contributed by atoms with Gasteiger partial charge in [0.05, 0.1) is 6.42 Å². The molecule has 6 heteroatoms. The first-order valence-electron chi connectivity index (χ1n) is 26.8. The number of allylic oxidation sites excluding steroid dienone is 23. The molecular formula is C62H96O6. The molecule has 0 radical (unpaired) electrons. The second-order valence-electron chi connectivity index (χ2n) is 17.0. The predicted octanol–water partition coefficient (Wildman–Crippen LogP) is 18.0. The van der Waals surface area contributed by atoms with Crippen LogP contribution in [0.4, 0.5) is 0 Å². The fraction of sp³-hybridized carbons (Fsp3) is 0.565. The van der Waals surface area contributed by atoms with Crippen LogP contribution in [0.5, 0.6) is 0 Å². The Morgan fingerprint density at radius 1 is 0.324 bits per heavy atom. The Balaban J connectivity index is 4.27. The summed E-state index contributed by atoms with van der Waals surface area (Å²) in [5.41, 5.74) is 0. The van der Waals surface area contributed by atoms with E-state index in [0.717, 1.165) is 122 Å². The molecule has 0 fully saturated rings. The second kappa shape index (κ2) is 54.9. The quantitative estimate of drug-likeness (QED) is 0.0262. The number of carbonyl (C=O) groups is 3. The van der Waals surface area contributed by atoms with E-state index >= 15 is 0 Å². The van der Waals surface area contributed by atoms with Crippen LogP contribution < -0.4 is 0 Å². The van der Waals surface area contributed by atoms with Gasteiger partial charge < -0.3 is 14.2 Å². The molecule has 0 N–H and O–H groups in total. The molecule has 0 heterocycles. The van der Waals surface area contributed by atoms with Crippen molar-refractivity contribution in [1.82, 2.24) is 0 Å². The van der Waals surface area contributed by atoms with Crippen LogP contribution in [0.25, 0.3) is 0 Å². The van der Waals surface area contributed by atoms with Gasteiger partial charge in [-0.3, -0.25) is 14.4 Å². The van der Waals surface area contributed by atoms with E-state index in [1.807, 2.05) is 6.08 Å². The molecular weight excluding hydrogens is 841 g/mol. The topological polar surface area (TPSA) is 78.9 Å². The van der Waals surface area contributed by atoms with Crippen molar-refractivity contribution in [3.8, 4) is 0 Å². The minimum Gasteiger partial charge on any atom is -0.462 e.